The van der Waals surface area contributed by atoms with E-state index in [-0.39, 0.29) is 0 Å². The molecule has 2 aromatic rings. The van der Waals surface area contributed by atoms with E-state index in [1.165, 1.54) is 22.3 Å². The Labute approximate surface area is 117 Å². The molecule has 0 unspecified atom stereocenters. The van der Waals surface area contributed by atoms with Crippen LogP contribution in [0.15, 0.2) is 40.9 Å². The van der Waals surface area contributed by atoms with Gasteiger partial charge in [-0.3, -0.25) is 0 Å². The van der Waals surface area contributed by atoms with Gasteiger partial charge in [-0.05, 0) is 59.5 Å². The summed E-state index contributed by atoms with van der Waals surface area (Å²) in [5.74, 6) is 0.941. The van der Waals surface area contributed by atoms with E-state index in [1.54, 1.807) is 0 Å². The molecule has 0 saturated heterocycles. The molecule has 0 aromatic heterocycles. The third-order valence-electron chi connectivity index (χ3n) is 3.09. The summed E-state index contributed by atoms with van der Waals surface area (Å²) in [6.45, 7) is 6.88. The average molecular weight is 305 g/mol. The monoisotopic (exact) mass is 304 g/mol. The molecule has 0 amide bonds. The fraction of sp³-hybridized carbons (Fsp3) is 0.250. The smallest absolute Gasteiger partial charge is 0.137 e. The van der Waals surface area contributed by atoms with Crippen LogP contribution in [0.3, 0.4) is 0 Å². The van der Waals surface area contributed by atoms with Crippen LogP contribution in [0.25, 0.3) is 0 Å². The minimum Gasteiger partial charge on any atom is -0.487 e. The van der Waals surface area contributed by atoms with Crippen molar-refractivity contribution in [2.75, 3.05) is 0 Å². The number of hydrogen-bond donors (Lipinski definition) is 0. The molecule has 0 aliphatic rings. The second-order valence-corrected chi connectivity index (χ2v) is 5.45. The van der Waals surface area contributed by atoms with Crippen molar-refractivity contribution in [3.8, 4) is 5.75 Å². The first-order chi connectivity index (χ1) is 8.58. The number of aryl methyl sites for hydroxylation is 2. The quantitative estimate of drug-likeness (QED) is 0.779. The van der Waals surface area contributed by atoms with E-state index in [2.05, 4.69) is 67.0 Å². The van der Waals surface area contributed by atoms with E-state index in [0.29, 0.717) is 6.61 Å². The van der Waals surface area contributed by atoms with Gasteiger partial charge in [-0.15, -0.1) is 0 Å². The van der Waals surface area contributed by atoms with Crippen molar-refractivity contribution < 1.29 is 4.74 Å². The van der Waals surface area contributed by atoms with Crippen molar-refractivity contribution in [2.24, 2.45) is 0 Å². The Balaban J connectivity index is 2.18. The average Bonchev–Trinajstić information content (AvgIpc) is 2.34. The van der Waals surface area contributed by atoms with Crippen LogP contribution in [0.1, 0.15) is 22.3 Å². The Hall–Kier alpha value is -1.28. The third kappa shape index (κ3) is 2.94. The van der Waals surface area contributed by atoms with Gasteiger partial charge in [0.05, 0.1) is 4.47 Å². The lowest BCUT2D eigenvalue weighted by Gasteiger charge is -2.13. The largest absolute Gasteiger partial charge is 0.487 e. The maximum Gasteiger partial charge on any atom is 0.137 e. The highest BCUT2D eigenvalue weighted by atomic mass is 79.9. The molecule has 2 aromatic carbocycles. The molecule has 0 radical (unpaired) electrons. The van der Waals surface area contributed by atoms with E-state index in [1.807, 2.05) is 6.07 Å². The molecule has 0 atom stereocenters. The van der Waals surface area contributed by atoms with E-state index in [4.69, 9.17) is 4.74 Å². The predicted molar refractivity (Wildman–Crippen MR) is 79.1 cm³/mol. The second kappa shape index (κ2) is 5.57. The second-order valence-electron chi connectivity index (χ2n) is 4.60. The molecule has 2 heteroatoms. The number of benzene rings is 2. The molecule has 2 rings (SSSR count). The standard InChI is InChI=1S/C16H17BrO/c1-11-5-4-6-14(9-11)10-18-16-13(3)12(2)7-8-15(16)17/h4-9H,10H2,1-3H3. The summed E-state index contributed by atoms with van der Waals surface area (Å²) in [7, 11) is 0. The van der Waals surface area contributed by atoms with Crippen molar-refractivity contribution in [1.29, 1.82) is 0 Å². The summed E-state index contributed by atoms with van der Waals surface area (Å²) in [6.07, 6.45) is 0. The van der Waals surface area contributed by atoms with Crippen LogP contribution in [0.5, 0.6) is 5.75 Å². The molecule has 0 bridgehead atoms. The molecule has 0 saturated carbocycles. The highest BCUT2D eigenvalue weighted by Crippen LogP contribution is 2.31. The van der Waals surface area contributed by atoms with Gasteiger partial charge in [-0.25, -0.2) is 0 Å². The highest BCUT2D eigenvalue weighted by Gasteiger charge is 2.07. The van der Waals surface area contributed by atoms with Crippen molar-refractivity contribution in [3.05, 3.63) is 63.1 Å². The molecule has 18 heavy (non-hydrogen) atoms. The van der Waals surface area contributed by atoms with Crippen LogP contribution < -0.4 is 4.74 Å². The molecule has 0 fully saturated rings. The summed E-state index contributed by atoms with van der Waals surface area (Å²) in [5, 5.41) is 0. The van der Waals surface area contributed by atoms with Crippen molar-refractivity contribution in [2.45, 2.75) is 27.4 Å². The van der Waals surface area contributed by atoms with Crippen molar-refractivity contribution in [3.63, 3.8) is 0 Å². The van der Waals surface area contributed by atoms with Crippen molar-refractivity contribution in [1.82, 2.24) is 0 Å². The molecule has 1 nitrogen and oxygen atoms in total. The zero-order chi connectivity index (χ0) is 13.1. The Bertz CT molecular complexity index is 561. The summed E-state index contributed by atoms with van der Waals surface area (Å²) in [6, 6.07) is 12.5. The summed E-state index contributed by atoms with van der Waals surface area (Å²) in [5.41, 5.74) is 4.90. The van der Waals surface area contributed by atoms with Crippen LogP contribution in [0.2, 0.25) is 0 Å². The molecular weight excluding hydrogens is 288 g/mol. The van der Waals surface area contributed by atoms with Crippen LogP contribution in [-0.2, 0) is 6.61 Å². The number of halogens is 1. The Kier molecular flexibility index (Phi) is 4.07. The molecule has 0 spiro atoms. The van der Waals surface area contributed by atoms with Crippen LogP contribution >= 0.6 is 15.9 Å². The minimum absolute atomic E-state index is 0.602. The van der Waals surface area contributed by atoms with Gasteiger partial charge < -0.3 is 4.74 Å². The lowest BCUT2D eigenvalue weighted by Crippen LogP contribution is -1.99. The summed E-state index contributed by atoms with van der Waals surface area (Å²) in [4.78, 5) is 0. The predicted octanol–water partition coefficient (Wildman–Crippen LogP) is 4.95. The van der Waals surface area contributed by atoms with Gasteiger partial charge >= 0.3 is 0 Å². The molecule has 0 heterocycles. The Morgan fingerprint density at radius 1 is 1.06 bits per heavy atom. The number of hydrogen-bond acceptors (Lipinski definition) is 1. The van der Waals surface area contributed by atoms with Gasteiger partial charge in [0.1, 0.15) is 12.4 Å². The van der Waals surface area contributed by atoms with Crippen LogP contribution in [0.4, 0.5) is 0 Å². The van der Waals surface area contributed by atoms with Gasteiger partial charge in [-0.1, -0.05) is 35.9 Å². The first kappa shape index (κ1) is 13.2. The van der Waals surface area contributed by atoms with Gasteiger partial charge in [-0.2, -0.15) is 0 Å². The molecule has 0 aliphatic heterocycles. The van der Waals surface area contributed by atoms with Gasteiger partial charge in [0.15, 0.2) is 0 Å². The first-order valence-electron chi connectivity index (χ1n) is 6.02. The highest BCUT2D eigenvalue weighted by molar-refractivity contribution is 9.10. The number of ether oxygens (including phenoxy) is 1. The zero-order valence-corrected chi connectivity index (χ0v) is 12.5. The van der Waals surface area contributed by atoms with Crippen LogP contribution in [0, 0.1) is 20.8 Å². The maximum atomic E-state index is 5.94. The number of rotatable bonds is 3. The minimum atomic E-state index is 0.602. The normalized spacial score (nSPS) is 10.4. The molecule has 0 aliphatic carbocycles. The lowest BCUT2D eigenvalue weighted by molar-refractivity contribution is 0.302. The fourth-order valence-electron chi connectivity index (χ4n) is 1.89. The SMILES string of the molecule is Cc1cccc(COc2c(Br)ccc(C)c2C)c1. The summed E-state index contributed by atoms with van der Waals surface area (Å²) < 4.78 is 6.95. The molecule has 94 valence electrons. The summed E-state index contributed by atoms with van der Waals surface area (Å²) >= 11 is 3.54. The van der Waals surface area contributed by atoms with Crippen molar-refractivity contribution >= 4 is 15.9 Å². The lowest BCUT2D eigenvalue weighted by atomic mass is 10.1. The van der Waals surface area contributed by atoms with Gasteiger partial charge in [0, 0.05) is 0 Å². The molecule has 0 N–H and O–H groups in total. The van der Waals surface area contributed by atoms with E-state index in [0.717, 1.165) is 10.2 Å². The third-order valence-corrected chi connectivity index (χ3v) is 3.72. The van der Waals surface area contributed by atoms with Gasteiger partial charge in [0.25, 0.3) is 0 Å². The van der Waals surface area contributed by atoms with Crippen LogP contribution in [-0.4, -0.2) is 0 Å². The first-order valence-corrected chi connectivity index (χ1v) is 6.81. The zero-order valence-electron chi connectivity index (χ0n) is 11.0. The molecular formula is C16H17BrO. The maximum absolute atomic E-state index is 5.94. The topological polar surface area (TPSA) is 9.23 Å². The Morgan fingerprint density at radius 3 is 2.56 bits per heavy atom. The fourth-order valence-corrected chi connectivity index (χ4v) is 2.44. The van der Waals surface area contributed by atoms with E-state index in [9.17, 15) is 0 Å². The van der Waals surface area contributed by atoms with E-state index >= 15 is 0 Å². The Morgan fingerprint density at radius 2 is 1.83 bits per heavy atom. The van der Waals surface area contributed by atoms with E-state index < -0.39 is 0 Å². The van der Waals surface area contributed by atoms with Gasteiger partial charge in [0.2, 0.25) is 0 Å².